The van der Waals surface area contributed by atoms with Crippen LogP contribution in [0.3, 0.4) is 0 Å². The minimum Gasteiger partial charge on any atom is -0.484 e. The zero-order valence-electron chi connectivity index (χ0n) is 17.1. The standard InChI is InChI=1S/C23H16ClF2N3O3S/c1-12-3-2-4-14(7-12)31-11-21(30)29-23(33)27-13-5-6-20-19(8-13)28-22(32-20)15-9-17(25)18(26)10-16(15)24/h2-10H,11H2,1H3,(H2,27,29,30,33). The predicted octanol–water partition coefficient (Wildman–Crippen LogP) is 5.63. The van der Waals surface area contributed by atoms with E-state index in [2.05, 4.69) is 15.6 Å². The third-order valence-electron chi connectivity index (χ3n) is 4.50. The van der Waals surface area contributed by atoms with Gasteiger partial charge in [0.15, 0.2) is 28.9 Å². The number of amides is 1. The fraction of sp³-hybridized carbons (Fsp3) is 0.0870. The first-order valence-electron chi connectivity index (χ1n) is 9.64. The molecule has 2 N–H and O–H groups in total. The topological polar surface area (TPSA) is 76.4 Å². The molecule has 0 aliphatic heterocycles. The number of ether oxygens (including phenoxy) is 1. The van der Waals surface area contributed by atoms with E-state index in [-0.39, 0.29) is 28.2 Å². The number of benzene rings is 3. The lowest BCUT2D eigenvalue weighted by molar-refractivity contribution is -0.121. The van der Waals surface area contributed by atoms with Crippen molar-refractivity contribution in [3.63, 3.8) is 0 Å². The molecule has 6 nitrogen and oxygen atoms in total. The molecule has 4 aromatic rings. The number of nitrogens with zero attached hydrogens (tertiary/aromatic N) is 1. The molecule has 1 aromatic heterocycles. The summed E-state index contributed by atoms with van der Waals surface area (Å²) in [6, 6.07) is 14.0. The maximum atomic E-state index is 13.6. The summed E-state index contributed by atoms with van der Waals surface area (Å²) in [4.78, 5) is 16.4. The van der Waals surface area contributed by atoms with Crippen LogP contribution >= 0.6 is 23.8 Å². The Morgan fingerprint density at radius 1 is 1.15 bits per heavy atom. The highest BCUT2D eigenvalue weighted by molar-refractivity contribution is 7.80. The fourth-order valence-corrected chi connectivity index (χ4v) is 3.45. The highest BCUT2D eigenvalue weighted by atomic mass is 35.5. The highest BCUT2D eigenvalue weighted by Gasteiger charge is 2.16. The Kier molecular flexibility index (Phi) is 6.52. The van der Waals surface area contributed by atoms with Gasteiger partial charge in [0.05, 0.1) is 10.6 Å². The number of carbonyl (C=O) groups excluding carboxylic acids is 1. The zero-order valence-corrected chi connectivity index (χ0v) is 18.7. The van der Waals surface area contributed by atoms with Gasteiger partial charge in [-0.05, 0) is 67.2 Å². The smallest absolute Gasteiger partial charge is 0.264 e. The summed E-state index contributed by atoms with van der Waals surface area (Å²) in [7, 11) is 0. The second-order valence-electron chi connectivity index (χ2n) is 7.06. The molecular formula is C23H16ClF2N3O3S. The van der Waals surface area contributed by atoms with Crippen molar-refractivity contribution in [1.29, 1.82) is 0 Å². The van der Waals surface area contributed by atoms with Crippen molar-refractivity contribution in [2.24, 2.45) is 0 Å². The first-order valence-corrected chi connectivity index (χ1v) is 10.4. The SMILES string of the molecule is Cc1cccc(OCC(=O)NC(=S)Nc2ccc3oc(-c4cc(F)c(F)cc4Cl)nc3c2)c1. The number of halogens is 3. The van der Waals surface area contributed by atoms with Crippen LogP contribution in [0.25, 0.3) is 22.6 Å². The normalized spacial score (nSPS) is 10.8. The quantitative estimate of drug-likeness (QED) is 0.281. The first kappa shape index (κ1) is 22.6. The van der Waals surface area contributed by atoms with E-state index < -0.39 is 17.5 Å². The summed E-state index contributed by atoms with van der Waals surface area (Å²) in [5.74, 6) is -1.93. The summed E-state index contributed by atoms with van der Waals surface area (Å²) >= 11 is 11.2. The molecule has 0 aliphatic carbocycles. The summed E-state index contributed by atoms with van der Waals surface area (Å²) in [5, 5.41) is 5.44. The second kappa shape index (κ2) is 9.51. The van der Waals surface area contributed by atoms with Crippen molar-refractivity contribution in [3.05, 3.63) is 76.8 Å². The molecule has 0 saturated carbocycles. The number of carbonyl (C=O) groups is 1. The Hall–Kier alpha value is -3.56. The van der Waals surface area contributed by atoms with Gasteiger partial charge in [-0.3, -0.25) is 10.1 Å². The van der Waals surface area contributed by atoms with Crippen molar-refractivity contribution >= 4 is 51.6 Å². The molecule has 0 atom stereocenters. The first-order chi connectivity index (χ1) is 15.8. The molecule has 1 amide bonds. The van der Waals surface area contributed by atoms with E-state index in [1.54, 1.807) is 24.3 Å². The van der Waals surface area contributed by atoms with E-state index in [1.165, 1.54) is 0 Å². The molecule has 0 aliphatic rings. The summed E-state index contributed by atoms with van der Waals surface area (Å²) < 4.78 is 38.0. The Morgan fingerprint density at radius 2 is 1.94 bits per heavy atom. The van der Waals surface area contributed by atoms with Gasteiger partial charge in [0, 0.05) is 5.69 Å². The maximum Gasteiger partial charge on any atom is 0.264 e. The molecule has 33 heavy (non-hydrogen) atoms. The van der Waals surface area contributed by atoms with Crippen LogP contribution in [-0.4, -0.2) is 22.6 Å². The van der Waals surface area contributed by atoms with E-state index in [0.717, 1.165) is 17.7 Å². The minimum absolute atomic E-state index is 0.0319. The van der Waals surface area contributed by atoms with Crippen molar-refractivity contribution in [2.45, 2.75) is 6.92 Å². The largest absolute Gasteiger partial charge is 0.484 e. The average molecular weight is 488 g/mol. The molecule has 3 aromatic carbocycles. The number of hydrogen-bond donors (Lipinski definition) is 2. The van der Waals surface area contributed by atoms with Crippen LogP contribution in [-0.2, 0) is 4.79 Å². The van der Waals surface area contributed by atoms with E-state index in [1.807, 2.05) is 25.1 Å². The molecule has 0 radical (unpaired) electrons. The maximum absolute atomic E-state index is 13.6. The number of anilines is 1. The van der Waals surface area contributed by atoms with Gasteiger partial charge in [-0.1, -0.05) is 23.7 Å². The predicted molar refractivity (Wildman–Crippen MR) is 125 cm³/mol. The van der Waals surface area contributed by atoms with Crippen LogP contribution in [0.1, 0.15) is 5.56 Å². The third kappa shape index (κ3) is 5.44. The Bertz CT molecular complexity index is 1380. The van der Waals surface area contributed by atoms with Crippen LogP contribution in [0.5, 0.6) is 5.75 Å². The molecule has 0 bridgehead atoms. The van der Waals surface area contributed by atoms with E-state index >= 15 is 0 Å². The Balaban J connectivity index is 1.41. The number of fused-ring (bicyclic) bond motifs is 1. The van der Waals surface area contributed by atoms with Crippen molar-refractivity contribution < 1.29 is 22.7 Å². The van der Waals surface area contributed by atoms with Crippen molar-refractivity contribution in [3.8, 4) is 17.2 Å². The van der Waals surface area contributed by atoms with Crippen LogP contribution in [0.2, 0.25) is 5.02 Å². The molecular weight excluding hydrogens is 472 g/mol. The molecule has 0 saturated heterocycles. The van der Waals surface area contributed by atoms with Gasteiger partial charge in [0.1, 0.15) is 11.3 Å². The van der Waals surface area contributed by atoms with Crippen LogP contribution < -0.4 is 15.4 Å². The number of aryl methyl sites for hydroxylation is 1. The molecule has 4 rings (SSSR count). The van der Waals surface area contributed by atoms with Crippen molar-refractivity contribution in [1.82, 2.24) is 10.3 Å². The van der Waals surface area contributed by atoms with Gasteiger partial charge in [0.25, 0.3) is 5.91 Å². The Labute approximate surface area is 197 Å². The van der Waals surface area contributed by atoms with E-state index in [0.29, 0.717) is 22.5 Å². The molecule has 168 valence electrons. The molecule has 0 unspecified atom stereocenters. The zero-order chi connectivity index (χ0) is 23.5. The monoisotopic (exact) mass is 487 g/mol. The molecule has 0 spiro atoms. The minimum atomic E-state index is -1.06. The van der Waals surface area contributed by atoms with Gasteiger partial charge in [-0.15, -0.1) is 0 Å². The lowest BCUT2D eigenvalue weighted by Crippen LogP contribution is -2.37. The van der Waals surface area contributed by atoms with Gasteiger partial charge in [0.2, 0.25) is 5.89 Å². The molecule has 1 heterocycles. The second-order valence-corrected chi connectivity index (χ2v) is 7.87. The molecule has 10 heteroatoms. The number of nitrogens with one attached hydrogen (secondary N) is 2. The average Bonchev–Trinajstić information content (AvgIpc) is 3.18. The van der Waals surface area contributed by atoms with Crippen LogP contribution in [0.15, 0.2) is 59.0 Å². The third-order valence-corrected chi connectivity index (χ3v) is 5.02. The summed E-state index contributed by atoms with van der Waals surface area (Å²) in [6.07, 6.45) is 0. The van der Waals surface area contributed by atoms with Gasteiger partial charge in [-0.25, -0.2) is 13.8 Å². The lowest BCUT2D eigenvalue weighted by atomic mass is 10.2. The van der Waals surface area contributed by atoms with E-state index in [9.17, 15) is 13.6 Å². The van der Waals surface area contributed by atoms with Gasteiger partial charge < -0.3 is 14.5 Å². The number of aromatic nitrogens is 1. The molecule has 0 fully saturated rings. The van der Waals surface area contributed by atoms with Crippen LogP contribution in [0.4, 0.5) is 14.5 Å². The number of oxazole rings is 1. The van der Waals surface area contributed by atoms with Gasteiger partial charge in [-0.2, -0.15) is 0 Å². The highest BCUT2D eigenvalue weighted by Crippen LogP contribution is 2.32. The number of hydrogen-bond acceptors (Lipinski definition) is 5. The van der Waals surface area contributed by atoms with Crippen molar-refractivity contribution in [2.75, 3.05) is 11.9 Å². The summed E-state index contributed by atoms with van der Waals surface area (Å²) in [6.45, 7) is 1.72. The fourth-order valence-electron chi connectivity index (χ4n) is 2.99. The number of rotatable bonds is 5. The van der Waals surface area contributed by atoms with Gasteiger partial charge >= 0.3 is 0 Å². The number of thiocarbonyl (C=S) groups is 1. The van der Waals surface area contributed by atoms with E-state index in [4.69, 9.17) is 33.0 Å². The summed E-state index contributed by atoms with van der Waals surface area (Å²) in [5.41, 5.74) is 2.50. The van der Waals surface area contributed by atoms with Crippen LogP contribution in [0, 0.1) is 18.6 Å². The lowest BCUT2D eigenvalue weighted by Gasteiger charge is -2.10. The Morgan fingerprint density at radius 3 is 2.73 bits per heavy atom.